The van der Waals surface area contributed by atoms with Crippen LogP contribution < -0.4 is 33.2 Å². The van der Waals surface area contributed by atoms with Crippen LogP contribution in [0.2, 0.25) is 0 Å². The van der Waals surface area contributed by atoms with E-state index in [4.69, 9.17) is 22.3 Å². The van der Waals surface area contributed by atoms with Crippen molar-refractivity contribution in [2.75, 3.05) is 13.1 Å². The topological polar surface area (TPSA) is 215 Å². The summed E-state index contributed by atoms with van der Waals surface area (Å²) in [6, 6.07) is 6.31. The van der Waals surface area contributed by atoms with Crippen LogP contribution in [0.4, 0.5) is 0 Å². The molecule has 0 fully saturated rings. The van der Waals surface area contributed by atoms with Crippen molar-refractivity contribution < 1.29 is 24.3 Å². The number of nitrogens with two attached hydrogens (primary N) is 3. The van der Waals surface area contributed by atoms with Gasteiger partial charge in [-0.25, -0.2) is 0 Å². The summed E-state index contributed by atoms with van der Waals surface area (Å²) < 4.78 is 0. The monoisotopic (exact) mass is 477 g/mol. The minimum atomic E-state index is -1.21. The second kappa shape index (κ2) is 14.5. The van der Waals surface area contributed by atoms with Crippen LogP contribution in [-0.4, -0.2) is 66.0 Å². The molecule has 1 rings (SSSR count). The minimum absolute atomic E-state index is 0.0927. The molecule has 34 heavy (non-hydrogen) atoms. The number of carboxylic acid groups (broad SMARTS) is 1. The van der Waals surface area contributed by atoms with Gasteiger partial charge in [-0.3, -0.25) is 24.2 Å². The summed E-state index contributed by atoms with van der Waals surface area (Å²) in [7, 11) is 0. The summed E-state index contributed by atoms with van der Waals surface area (Å²) in [4.78, 5) is 52.7. The minimum Gasteiger partial charge on any atom is -0.480 e. The van der Waals surface area contributed by atoms with Gasteiger partial charge in [0.25, 0.3) is 0 Å². The fraction of sp³-hybridized carbons (Fsp3) is 0.500. The van der Waals surface area contributed by atoms with E-state index in [-0.39, 0.29) is 31.3 Å². The van der Waals surface area contributed by atoms with Crippen LogP contribution >= 0.6 is 0 Å². The molecule has 0 heterocycles. The Hall–Kier alpha value is -3.67. The maximum absolute atomic E-state index is 13.0. The van der Waals surface area contributed by atoms with Crippen LogP contribution in [0.5, 0.6) is 0 Å². The number of aliphatic carboxylic acids is 1. The average molecular weight is 478 g/mol. The van der Waals surface area contributed by atoms with E-state index in [0.29, 0.717) is 6.42 Å². The normalized spacial score (nSPS) is 13.3. The Balaban J connectivity index is 2.89. The van der Waals surface area contributed by atoms with Crippen molar-refractivity contribution in [2.45, 2.75) is 51.2 Å². The van der Waals surface area contributed by atoms with E-state index < -0.39 is 48.4 Å². The Bertz CT molecular complexity index is 856. The number of carboxylic acids is 1. The molecule has 12 nitrogen and oxygen atoms in total. The Morgan fingerprint density at radius 1 is 1.00 bits per heavy atom. The number of aliphatic imine (C=N–C) groups is 1. The molecule has 3 atom stereocenters. The van der Waals surface area contributed by atoms with E-state index in [1.54, 1.807) is 13.8 Å². The van der Waals surface area contributed by atoms with Crippen molar-refractivity contribution in [2.24, 2.45) is 28.1 Å². The smallest absolute Gasteiger partial charge is 0.322 e. The number of hydrogen-bond acceptors (Lipinski definition) is 6. The quantitative estimate of drug-likeness (QED) is 0.0942. The third-order valence-corrected chi connectivity index (χ3v) is 4.87. The maximum Gasteiger partial charge on any atom is 0.322 e. The lowest BCUT2D eigenvalue weighted by Gasteiger charge is -2.26. The lowest BCUT2D eigenvalue weighted by molar-refractivity contribution is -0.139. The molecule has 3 unspecified atom stereocenters. The SMILES string of the molecule is CC(C)C(NC(=O)C(CCCN=C(N)N)NC(=O)C(N)Cc1ccccc1)C(=O)NCC(=O)O. The molecule has 0 aliphatic heterocycles. The lowest BCUT2D eigenvalue weighted by Crippen LogP contribution is -2.57. The van der Waals surface area contributed by atoms with Crippen molar-refractivity contribution in [1.29, 1.82) is 0 Å². The van der Waals surface area contributed by atoms with E-state index in [0.717, 1.165) is 5.56 Å². The first-order chi connectivity index (χ1) is 16.0. The van der Waals surface area contributed by atoms with Gasteiger partial charge < -0.3 is 38.3 Å². The van der Waals surface area contributed by atoms with Crippen molar-refractivity contribution in [3.63, 3.8) is 0 Å². The summed E-state index contributed by atoms with van der Waals surface area (Å²) in [5, 5.41) is 16.3. The highest BCUT2D eigenvalue weighted by molar-refractivity contribution is 5.93. The summed E-state index contributed by atoms with van der Waals surface area (Å²) >= 11 is 0. The fourth-order valence-corrected chi connectivity index (χ4v) is 3.07. The number of nitrogens with zero attached hydrogens (tertiary/aromatic N) is 1. The standard InChI is InChI=1S/C22H35N7O5/c1-13(2)18(21(34)27-12-17(30)31)29-20(33)16(9-6-10-26-22(24)25)28-19(32)15(23)11-14-7-4-3-5-8-14/h3-5,7-8,13,15-16,18H,6,9-12,23H2,1-2H3,(H,27,34)(H,28,32)(H,29,33)(H,30,31)(H4,24,25,26). The predicted molar refractivity (Wildman–Crippen MR) is 127 cm³/mol. The van der Waals surface area contributed by atoms with Gasteiger partial charge in [0.1, 0.15) is 18.6 Å². The Morgan fingerprint density at radius 2 is 1.65 bits per heavy atom. The van der Waals surface area contributed by atoms with Gasteiger partial charge in [-0.1, -0.05) is 44.2 Å². The highest BCUT2D eigenvalue weighted by Gasteiger charge is 2.29. The van der Waals surface area contributed by atoms with E-state index in [1.807, 2.05) is 30.3 Å². The zero-order chi connectivity index (χ0) is 25.7. The van der Waals surface area contributed by atoms with Gasteiger partial charge in [0.15, 0.2) is 5.96 Å². The predicted octanol–water partition coefficient (Wildman–Crippen LogP) is -1.56. The highest BCUT2D eigenvalue weighted by Crippen LogP contribution is 2.07. The number of nitrogens with one attached hydrogen (secondary N) is 3. The third kappa shape index (κ3) is 10.8. The lowest BCUT2D eigenvalue weighted by atomic mass is 10.0. The maximum atomic E-state index is 13.0. The van der Waals surface area contributed by atoms with E-state index >= 15 is 0 Å². The van der Waals surface area contributed by atoms with E-state index in [9.17, 15) is 19.2 Å². The van der Waals surface area contributed by atoms with Crippen LogP contribution in [0.15, 0.2) is 35.3 Å². The first-order valence-electron chi connectivity index (χ1n) is 11.0. The van der Waals surface area contributed by atoms with Crippen LogP contribution in [0.1, 0.15) is 32.3 Å². The Labute approximate surface area is 198 Å². The van der Waals surface area contributed by atoms with Gasteiger partial charge in [-0.15, -0.1) is 0 Å². The molecule has 1 aromatic carbocycles. The summed E-state index contributed by atoms with van der Waals surface area (Å²) in [6.45, 7) is 3.07. The number of rotatable bonds is 14. The number of carbonyl (C=O) groups excluding carboxylic acids is 3. The van der Waals surface area contributed by atoms with Crippen LogP contribution in [0.3, 0.4) is 0 Å². The van der Waals surface area contributed by atoms with Gasteiger partial charge in [-0.2, -0.15) is 0 Å². The van der Waals surface area contributed by atoms with Gasteiger partial charge >= 0.3 is 5.97 Å². The van der Waals surface area contributed by atoms with Crippen molar-refractivity contribution >= 4 is 29.7 Å². The molecule has 0 spiro atoms. The summed E-state index contributed by atoms with van der Waals surface area (Å²) in [5.74, 6) is -3.41. The first-order valence-corrected chi connectivity index (χ1v) is 11.0. The van der Waals surface area contributed by atoms with Crippen molar-refractivity contribution in [3.8, 4) is 0 Å². The summed E-state index contributed by atoms with van der Waals surface area (Å²) in [6.07, 6.45) is 0.844. The molecule has 1 aromatic rings. The molecule has 0 aromatic heterocycles. The molecule has 0 bridgehead atoms. The number of benzene rings is 1. The zero-order valence-corrected chi connectivity index (χ0v) is 19.5. The molecule has 0 aliphatic rings. The number of amides is 3. The van der Waals surface area contributed by atoms with Gasteiger partial charge in [-0.05, 0) is 30.7 Å². The summed E-state index contributed by atoms with van der Waals surface area (Å²) in [5.41, 5.74) is 17.6. The number of guanidine groups is 1. The molecule has 12 heteroatoms. The Kier molecular flexibility index (Phi) is 12.1. The zero-order valence-electron chi connectivity index (χ0n) is 19.5. The molecule has 0 aliphatic carbocycles. The fourth-order valence-electron chi connectivity index (χ4n) is 3.07. The molecule has 0 radical (unpaired) electrons. The molecule has 188 valence electrons. The molecular formula is C22H35N7O5. The molecule has 0 saturated carbocycles. The van der Waals surface area contributed by atoms with E-state index in [1.165, 1.54) is 0 Å². The Morgan fingerprint density at radius 3 is 2.21 bits per heavy atom. The highest BCUT2D eigenvalue weighted by atomic mass is 16.4. The molecule has 10 N–H and O–H groups in total. The van der Waals surface area contributed by atoms with E-state index in [2.05, 4.69) is 20.9 Å². The third-order valence-electron chi connectivity index (χ3n) is 4.87. The molecule has 3 amide bonds. The number of carbonyl (C=O) groups is 4. The van der Waals surface area contributed by atoms with Gasteiger partial charge in [0.05, 0.1) is 6.04 Å². The first kappa shape index (κ1) is 28.4. The second-order valence-corrected chi connectivity index (χ2v) is 8.15. The van der Waals surface area contributed by atoms with Crippen molar-refractivity contribution in [1.82, 2.24) is 16.0 Å². The second-order valence-electron chi connectivity index (χ2n) is 8.15. The largest absolute Gasteiger partial charge is 0.480 e. The average Bonchev–Trinajstić information content (AvgIpc) is 2.77. The molecular weight excluding hydrogens is 442 g/mol. The van der Waals surface area contributed by atoms with Gasteiger partial charge in [0.2, 0.25) is 17.7 Å². The van der Waals surface area contributed by atoms with Crippen LogP contribution in [-0.2, 0) is 25.6 Å². The van der Waals surface area contributed by atoms with Crippen LogP contribution in [0, 0.1) is 5.92 Å². The van der Waals surface area contributed by atoms with Crippen molar-refractivity contribution in [3.05, 3.63) is 35.9 Å². The number of hydrogen-bond donors (Lipinski definition) is 7. The molecule has 0 saturated heterocycles. The van der Waals surface area contributed by atoms with Gasteiger partial charge in [0, 0.05) is 6.54 Å². The van der Waals surface area contributed by atoms with Crippen LogP contribution in [0.25, 0.3) is 0 Å².